The van der Waals surface area contributed by atoms with E-state index < -0.39 is 16.8 Å². The van der Waals surface area contributed by atoms with Gasteiger partial charge in [0, 0.05) is 18.1 Å². The van der Waals surface area contributed by atoms with Crippen LogP contribution in [0.5, 0.6) is 0 Å². The Hall–Kier alpha value is -2.24. The molecule has 3 atom stereocenters. The molecule has 0 amide bonds. The van der Waals surface area contributed by atoms with Crippen LogP contribution in [0.4, 0.5) is 5.69 Å². The Morgan fingerprint density at radius 1 is 1.36 bits per heavy atom. The van der Waals surface area contributed by atoms with Crippen molar-refractivity contribution in [2.45, 2.75) is 26.2 Å². The second kappa shape index (κ2) is 6.68. The number of carbonyl (C=O) groups is 2. The molecule has 0 aromatic heterocycles. The molecule has 6 heteroatoms. The molecule has 2 rings (SSSR count). The summed E-state index contributed by atoms with van der Waals surface area (Å²) in [5, 5.41) is 10.6. The van der Waals surface area contributed by atoms with Crippen LogP contribution in [0, 0.1) is 27.9 Å². The van der Waals surface area contributed by atoms with Gasteiger partial charge in [-0.25, -0.2) is 0 Å². The molecule has 0 saturated heterocycles. The number of hydrogen-bond acceptors (Lipinski definition) is 5. The number of rotatable bonds is 5. The van der Waals surface area contributed by atoms with E-state index in [2.05, 4.69) is 0 Å². The lowest BCUT2D eigenvalue weighted by atomic mass is 9.95. The third-order valence-electron chi connectivity index (χ3n) is 4.32. The van der Waals surface area contributed by atoms with Crippen LogP contribution < -0.4 is 0 Å². The maximum Gasteiger partial charge on any atom is 0.316 e. The van der Waals surface area contributed by atoms with Crippen LogP contribution in [-0.2, 0) is 20.7 Å². The smallest absolute Gasteiger partial charge is 0.316 e. The van der Waals surface area contributed by atoms with Crippen molar-refractivity contribution in [3.05, 3.63) is 39.9 Å². The summed E-state index contributed by atoms with van der Waals surface area (Å²) in [6.45, 7) is 1.89. The van der Waals surface area contributed by atoms with Gasteiger partial charge in [0.2, 0.25) is 0 Å². The second-order valence-corrected chi connectivity index (χ2v) is 5.78. The summed E-state index contributed by atoms with van der Waals surface area (Å²) in [6.07, 6.45) is 2.00. The number of ether oxygens (including phenoxy) is 1. The highest BCUT2D eigenvalue weighted by Crippen LogP contribution is 2.36. The van der Waals surface area contributed by atoms with Gasteiger partial charge in [0.15, 0.2) is 0 Å². The fourth-order valence-electron chi connectivity index (χ4n) is 3.10. The number of nitro benzene ring substituents is 1. The molecule has 1 saturated carbocycles. The minimum Gasteiger partial charge on any atom is -0.468 e. The molecule has 118 valence electrons. The van der Waals surface area contributed by atoms with Crippen LogP contribution in [0.3, 0.4) is 0 Å². The van der Waals surface area contributed by atoms with Gasteiger partial charge in [-0.1, -0.05) is 19.1 Å². The average Bonchev–Trinajstić information content (AvgIpc) is 2.79. The Bertz CT molecular complexity index is 581. The number of benzene rings is 1. The molecule has 0 spiro atoms. The van der Waals surface area contributed by atoms with Crippen LogP contribution in [0.1, 0.15) is 25.3 Å². The van der Waals surface area contributed by atoms with Gasteiger partial charge in [0.05, 0.1) is 12.0 Å². The van der Waals surface area contributed by atoms with Crippen LogP contribution in [-0.4, -0.2) is 23.8 Å². The van der Waals surface area contributed by atoms with E-state index in [1.54, 1.807) is 12.1 Å². The van der Waals surface area contributed by atoms with Crippen molar-refractivity contribution in [3.63, 3.8) is 0 Å². The number of methoxy groups -OCH3 is 1. The third-order valence-corrected chi connectivity index (χ3v) is 4.32. The molecular formula is C16H19NO5. The maximum atomic E-state index is 12.3. The monoisotopic (exact) mass is 305 g/mol. The second-order valence-electron chi connectivity index (χ2n) is 5.78. The Morgan fingerprint density at radius 3 is 2.55 bits per heavy atom. The molecule has 3 unspecified atom stereocenters. The van der Waals surface area contributed by atoms with Crippen LogP contribution >= 0.6 is 0 Å². The lowest BCUT2D eigenvalue weighted by Gasteiger charge is -2.10. The third kappa shape index (κ3) is 3.32. The quantitative estimate of drug-likeness (QED) is 0.361. The lowest BCUT2D eigenvalue weighted by Crippen LogP contribution is -2.26. The van der Waals surface area contributed by atoms with E-state index in [0.29, 0.717) is 19.3 Å². The molecule has 22 heavy (non-hydrogen) atoms. The summed E-state index contributed by atoms with van der Waals surface area (Å²) in [4.78, 5) is 34.1. The van der Waals surface area contributed by atoms with Gasteiger partial charge in [-0.2, -0.15) is 0 Å². The molecule has 1 aromatic rings. The van der Waals surface area contributed by atoms with E-state index in [0.717, 1.165) is 5.56 Å². The first-order valence-electron chi connectivity index (χ1n) is 7.29. The van der Waals surface area contributed by atoms with Crippen molar-refractivity contribution in [1.82, 2.24) is 0 Å². The molecular weight excluding hydrogens is 286 g/mol. The van der Waals surface area contributed by atoms with Crippen molar-refractivity contribution in [2.75, 3.05) is 7.11 Å². The zero-order chi connectivity index (χ0) is 16.3. The van der Waals surface area contributed by atoms with Gasteiger partial charge in [-0.15, -0.1) is 0 Å². The number of non-ortho nitro benzene ring substituents is 1. The Labute approximate surface area is 128 Å². The van der Waals surface area contributed by atoms with Crippen molar-refractivity contribution in [1.29, 1.82) is 0 Å². The first-order chi connectivity index (χ1) is 10.4. The highest BCUT2D eigenvalue weighted by molar-refractivity contribution is 6.02. The average molecular weight is 305 g/mol. The normalized spacial score (nSPS) is 24.3. The standard InChI is InChI=1S/C16H19NO5/c1-10-9-12(15(18)14(10)16(19)22-2)6-3-11-4-7-13(8-5-11)17(20)21/h4-5,7-8,10,12,14H,3,6,9H2,1-2H3. The number of nitro groups is 1. The number of hydrogen-bond donors (Lipinski definition) is 0. The lowest BCUT2D eigenvalue weighted by molar-refractivity contribution is -0.384. The minimum atomic E-state index is -0.646. The summed E-state index contributed by atoms with van der Waals surface area (Å²) in [7, 11) is 1.30. The highest BCUT2D eigenvalue weighted by atomic mass is 16.6. The Morgan fingerprint density at radius 2 is 2.00 bits per heavy atom. The largest absolute Gasteiger partial charge is 0.468 e. The number of ketones is 1. The topological polar surface area (TPSA) is 86.5 Å². The van der Waals surface area contributed by atoms with Gasteiger partial charge in [-0.05, 0) is 30.7 Å². The van der Waals surface area contributed by atoms with Gasteiger partial charge >= 0.3 is 5.97 Å². The summed E-state index contributed by atoms with van der Waals surface area (Å²) in [5.41, 5.74) is 1.01. The van der Waals surface area contributed by atoms with Gasteiger partial charge < -0.3 is 4.74 Å². The van der Waals surface area contributed by atoms with E-state index in [4.69, 9.17) is 4.74 Å². The SMILES string of the molecule is COC(=O)C1C(=O)C(CCc2ccc([N+](=O)[O-])cc2)CC1C. The minimum absolute atomic E-state index is 0.00168. The van der Waals surface area contributed by atoms with Crippen LogP contribution in [0.2, 0.25) is 0 Å². The summed E-state index contributed by atoms with van der Waals surface area (Å²) >= 11 is 0. The van der Waals surface area contributed by atoms with E-state index in [-0.39, 0.29) is 23.3 Å². The maximum absolute atomic E-state index is 12.3. The number of carbonyl (C=O) groups excluding carboxylic acids is 2. The summed E-state index contributed by atoms with van der Waals surface area (Å²) in [6, 6.07) is 6.34. The fraction of sp³-hybridized carbons (Fsp3) is 0.500. The molecule has 1 aliphatic rings. The molecule has 0 heterocycles. The van der Waals surface area contributed by atoms with Crippen LogP contribution in [0.25, 0.3) is 0 Å². The number of aryl methyl sites for hydroxylation is 1. The fourth-order valence-corrected chi connectivity index (χ4v) is 3.10. The van der Waals surface area contributed by atoms with E-state index in [9.17, 15) is 19.7 Å². The molecule has 1 aromatic carbocycles. The molecule has 0 bridgehead atoms. The highest BCUT2D eigenvalue weighted by Gasteiger charge is 2.44. The first-order valence-corrected chi connectivity index (χ1v) is 7.29. The zero-order valence-electron chi connectivity index (χ0n) is 12.7. The van der Waals surface area contributed by atoms with Gasteiger partial charge in [-0.3, -0.25) is 19.7 Å². The first kappa shape index (κ1) is 16.1. The molecule has 0 aliphatic heterocycles. The molecule has 0 N–H and O–H groups in total. The van der Waals surface area contributed by atoms with Gasteiger partial charge in [0.25, 0.3) is 5.69 Å². The van der Waals surface area contributed by atoms with E-state index >= 15 is 0 Å². The Kier molecular flexibility index (Phi) is 4.90. The molecule has 0 radical (unpaired) electrons. The molecule has 1 aliphatic carbocycles. The van der Waals surface area contributed by atoms with Crippen molar-refractivity contribution in [2.24, 2.45) is 17.8 Å². The molecule has 1 fully saturated rings. The summed E-state index contributed by atoms with van der Waals surface area (Å²) < 4.78 is 4.70. The Balaban J connectivity index is 1.96. The van der Waals surface area contributed by atoms with Crippen molar-refractivity contribution >= 4 is 17.4 Å². The predicted molar refractivity (Wildman–Crippen MR) is 79.2 cm³/mol. The van der Waals surface area contributed by atoms with Crippen molar-refractivity contribution < 1.29 is 19.2 Å². The van der Waals surface area contributed by atoms with Gasteiger partial charge in [0.1, 0.15) is 11.7 Å². The number of nitrogens with zero attached hydrogens (tertiary/aromatic N) is 1. The summed E-state index contributed by atoms with van der Waals surface area (Å²) in [5.74, 6) is -1.28. The zero-order valence-corrected chi connectivity index (χ0v) is 12.7. The van der Waals surface area contributed by atoms with E-state index in [1.165, 1.54) is 19.2 Å². The number of Topliss-reactive ketones (excluding diaryl/α,β-unsaturated/α-hetero) is 1. The van der Waals surface area contributed by atoms with E-state index in [1.807, 2.05) is 6.92 Å². The predicted octanol–water partition coefficient (Wildman–Crippen LogP) is 2.54. The van der Waals surface area contributed by atoms with Crippen LogP contribution in [0.15, 0.2) is 24.3 Å². The molecule has 6 nitrogen and oxygen atoms in total. The number of esters is 1. The van der Waals surface area contributed by atoms with Crippen molar-refractivity contribution in [3.8, 4) is 0 Å².